The van der Waals surface area contributed by atoms with Crippen LogP contribution >= 0.6 is 27.3 Å². The quantitative estimate of drug-likeness (QED) is 0.847. The van der Waals surface area contributed by atoms with Gasteiger partial charge in [0.15, 0.2) is 11.5 Å². The highest BCUT2D eigenvalue weighted by Gasteiger charge is 2.10. The first-order valence-corrected chi connectivity index (χ1v) is 8.05. The second-order valence-corrected chi connectivity index (χ2v) is 6.08. The summed E-state index contributed by atoms with van der Waals surface area (Å²) in [5.74, 6) is 1.32. The third-order valence-electron chi connectivity index (χ3n) is 2.98. The Morgan fingerprint density at radius 2 is 2.00 bits per heavy atom. The van der Waals surface area contributed by atoms with Crippen LogP contribution in [0.4, 0.5) is 0 Å². The van der Waals surface area contributed by atoms with Crippen molar-refractivity contribution in [3.05, 3.63) is 44.6 Å². The van der Waals surface area contributed by atoms with Crippen LogP contribution in [0, 0.1) is 0 Å². The van der Waals surface area contributed by atoms with Gasteiger partial charge in [0.2, 0.25) is 0 Å². The number of methoxy groups -OCH3 is 2. The van der Waals surface area contributed by atoms with Gasteiger partial charge in [-0.05, 0) is 35.6 Å². The molecule has 2 rings (SSSR count). The summed E-state index contributed by atoms with van der Waals surface area (Å²) in [5.41, 5.74) is 1.05. The molecule has 0 spiro atoms. The minimum absolute atomic E-state index is 0.0402. The molecule has 1 aromatic carbocycles. The van der Waals surface area contributed by atoms with Crippen molar-refractivity contribution in [3.8, 4) is 11.5 Å². The molecule has 112 valence electrons. The van der Waals surface area contributed by atoms with Crippen LogP contribution in [0.3, 0.4) is 0 Å². The molecule has 2 aromatic rings. The van der Waals surface area contributed by atoms with E-state index in [1.165, 1.54) is 11.3 Å². The Hall–Kier alpha value is -1.53. The lowest BCUT2D eigenvalue weighted by Crippen LogP contribution is -2.24. The first-order valence-electron chi connectivity index (χ1n) is 6.37. The molecular formula is C15H16BrNO3S. The van der Waals surface area contributed by atoms with Crippen molar-refractivity contribution in [2.24, 2.45) is 0 Å². The number of benzene rings is 1. The standard InChI is InChI=1S/C15H16BrNO3S/c1-19-12-8-10(11(16)9-13(12)20-2)5-6-17-15(18)14-4-3-7-21-14/h3-4,7-9H,5-6H2,1-2H3,(H,17,18). The molecular weight excluding hydrogens is 354 g/mol. The van der Waals surface area contributed by atoms with Crippen molar-refractivity contribution in [2.75, 3.05) is 20.8 Å². The fourth-order valence-corrected chi connectivity index (χ4v) is 3.05. The lowest BCUT2D eigenvalue weighted by molar-refractivity contribution is 0.0958. The number of nitrogens with one attached hydrogen (secondary N) is 1. The Labute approximate surface area is 136 Å². The number of halogens is 1. The Bertz CT molecular complexity index is 614. The average Bonchev–Trinajstić information content (AvgIpc) is 3.02. The molecule has 6 heteroatoms. The maximum absolute atomic E-state index is 11.8. The van der Waals surface area contributed by atoms with Crippen LogP contribution in [0.2, 0.25) is 0 Å². The molecule has 0 saturated carbocycles. The molecule has 1 aromatic heterocycles. The van der Waals surface area contributed by atoms with E-state index < -0.39 is 0 Å². The third-order valence-corrected chi connectivity index (χ3v) is 4.58. The molecule has 4 nitrogen and oxygen atoms in total. The van der Waals surface area contributed by atoms with Gasteiger partial charge in [-0.2, -0.15) is 0 Å². The maximum Gasteiger partial charge on any atom is 0.261 e. The molecule has 0 aliphatic rings. The summed E-state index contributed by atoms with van der Waals surface area (Å²) < 4.78 is 11.5. The van der Waals surface area contributed by atoms with Gasteiger partial charge in [-0.1, -0.05) is 22.0 Å². The zero-order valence-corrected chi connectivity index (χ0v) is 14.2. The largest absolute Gasteiger partial charge is 0.493 e. The zero-order valence-electron chi connectivity index (χ0n) is 11.8. The summed E-state index contributed by atoms with van der Waals surface area (Å²) in [6.45, 7) is 0.560. The number of ether oxygens (including phenoxy) is 2. The second kappa shape index (κ2) is 7.47. The zero-order chi connectivity index (χ0) is 15.2. The molecule has 1 N–H and O–H groups in total. The number of rotatable bonds is 6. The number of thiophene rings is 1. The van der Waals surface area contributed by atoms with Gasteiger partial charge in [-0.25, -0.2) is 0 Å². The summed E-state index contributed by atoms with van der Waals surface area (Å²) in [4.78, 5) is 12.6. The predicted molar refractivity (Wildman–Crippen MR) is 87.6 cm³/mol. The highest BCUT2D eigenvalue weighted by Crippen LogP contribution is 2.33. The molecule has 0 atom stereocenters. The van der Waals surface area contributed by atoms with Crippen LogP contribution < -0.4 is 14.8 Å². The van der Waals surface area contributed by atoms with Crippen molar-refractivity contribution in [1.82, 2.24) is 5.32 Å². The van der Waals surface area contributed by atoms with Crippen LogP contribution in [0.15, 0.2) is 34.1 Å². The van der Waals surface area contributed by atoms with Crippen LogP contribution in [-0.4, -0.2) is 26.7 Å². The Morgan fingerprint density at radius 3 is 2.62 bits per heavy atom. The van der Waals surface area contributed by atoms with Crippen LogP contribution in [0.1, 0.15) is 15.2 Å². The van der Waals surface area contributed by atoms with Crippen molar-refractivity contribution >= 4 is 33.2 Å². The van der Waals surface area contributed by atoms with E-state index >= 15 is 0 Å². The minimum atomic E-state index is -0.0402. The van der Waals surface area contributed by atoms with Gasteiger partial charge < -0.3 is 14.8 Å². The highest BCUT2D eigenvalue weighted by atomic mass is 79.9. The number of carbonyl (C=O) groups is 1. The van der Waals surface area contributed by atoms with E-state index in [2.05, 4.69) is 21.2 Å². The van der Waals surface area contributed by atoms with E-state index in [0.717, 1.165) is 14.9 Å². The normalized spacial score (nSPS) is 10.2. The van der Waals surface area contributed by atoms with Crippen LogP contribution in [0.25, 0.3) is 0 Å². The maximum atomic E-state index is 11.8. The number of hydrogen-bond donors (Lipinski definition) is 1. The van der Waals surface area contributed by atoms with Crippen molar-refractivity contribution in [3.63, 3.8) is 0 Å². The van der Waals surface area contributed by atoms with Gasteiger partial charge in [-0.15, -0.1) is 11.3 Å². The van der Waals surface area contributed by atoms with Gasteiger partial charge >= 0.3 is 0 Å². The molecule has 0 radical (unpaired) electrons. The van der Waals surface area contributed by atoms with E-state index in [1.54, 1.807) is 14.2 Å². The smallest absolute Gasteiger partial charge is 0.261 e. The molecule has 1 amide bonds. The van der Waals surface area contributed by atoms with Crippen molar-refractivity contribution in [2.45, 2.75) is 6.42 Å². The Morgan fingerprint density at radius 1 is 1.29 bits per heavy atom. The van der Waals surface area contributed by atoms with E-state index in [0.29, 0.717) is 24.5 Å². The fraction of sp³-hybridized carbons (Fsp3) is 0.267. The summed E-state index contributed by atoms with van der Waals surface area (Å²) in [5, 5.41) is 4.79. The van der Waals surface area contributed by atoms with E-state index in [9.17, 15) is 4.79 Å². The summed E-state index contributed by atoms with van der Waals surface area (Å²) in [6, 6.07) is 7.46. The predicted octanol–water partition coefficient (Wildman–Crippen LogP) is 3.50. The molecule has 0 unspecified atom stereocenters. The Balaban J connectivity index is 1.98. The number of hydrogen-bond acceptors (Lipinski definition) is 4. The summed E-state index contributed by atoms with van der Waals surface area (Å²) >= 11 is 4.94. The number of carbonyl (C=O) groups excluding carboxylic acids is 1. The molecule has 0 aliphatic carbocycles. The molecule has 0 aliphatic heterocycles. The summed E-state index contributed by atoms with van der Waals surface area (Å²) in [7, 11) is 3.21. The van der Waals surface area contributed by atoms with Gasteiger partial charge in [-0.3, -0.25) is 4.79 Å². The van der Waals surface area contributed by atoms with E-state index in [-0.39, 0.29) is 5.91 Å². The number of amides is 1. The Kier molecular flexibility index (Phi) is 5.64. The average molecular weight is 370 g/mol. The second-order valence-electron chi connectivity index (χ2n) is 4.28. The van der Waals surface area contributed by atoms with Crippen LogP contribution in [-0.2, 0) is 6.42 Å². The lowest BCUT2D eigenvalue weighted by Gasteiger charge is -2.12. The van der Waals surface area contributed by atoms with E-state index in [4.69, 9.17) is 9.47 Å². The van der Waals surface area contributed by atoms with Gasteiger partial charge in [0.05, 0.1) is 19.1 Å². The van der Waals surface area contributed by atoms with Gasteiger partial charge in [0.25, 0.3) is 5.91 Å². The topological polar surface area (TPSA) is 47.6 Å². The molecule has 0 saturated heterocycles. The first kappa shape index (κ1) is 15.9. The first-order chi connectivity index (χ1) is 10.2. The van der Waals surface area contributed by atoms with Crippen molar-refractivity contribution < 1.29 is 14.3 Å². The molecule has 21 heavy (non-hydrogen) atoms. The SMILES string of the molecule is COc1cc(Br)c(CCNC(=O)c2cccs2)cc1OC. The van der Waals surface area contributed by atoms with Gasteiger partial charge in [0, 0.05) is 11.0 Å². The monoisotopic (exact) mass is 369 g/mol. The van der Waals surface area contributed by atoms with Gasteiger partial charge in [0.1, 0.15) is 0 Å². The van der Waals surface area contributed by atoms with Crippen LogP contribution in [0.5, 0.6) is 11.5 Å². The minimum Gasteiger partial charge on any atom is -0.493 e. The van der Waals surface area contributed by atoms with E-state index in [1.807, 2.05) is 29.6 Å². The molecule has 0 fully saturated rings. The molecule has 0 bridgehead atoms. The van der Waals surface area contributed by atoms with Crippen molar-refractivity contribution in [1.29, 1.82) is 0 Å². The lowest BCUT2D eigenvalue weighted by atomic mass is 10.1. The summed E-state index contributed by atoms with van der Waals surface area (Å²) in [6.07, 6.45) is 0.706. The molecule has 1 heterocycles. The fourth-order valence-electron chi connectivity index (χ4n) is 1.89. The highest BCUT2D eigenvalue weighted by molar-refractivity contribution is 9.10. The third kappa shape index (κ3) is 3.98.